The molecule has 0 aromatic heterocycles. The summed E-state index contributed by atoms with van der Waals surface area (Å²) in [7, 11) is 0. The average molecular weight is 266 g/mol. The van der Waals surface area contributed by atoms with Gasteiger partial charge in [-0.15, -0.1) is 0 Å². The van der Waals surface area contributed by atoms with Crippen molar-refractivity contribution in [2.24, 2.45) is 5.92 Å². The molecule has 2 unspecified atom stereocenters. The molecule has 2 rings (SSSR count). The number of nitrogens with zero attached hydrogens (tertiary/aromatic N) is 1. The summed E-state index contributed by atoms with van der Waals surface area (Å²) in [6, 6.07) is 0.660. The Morgan fingerprint density at radius 3 is 2.68 bits per heavy atom. The van der Waals surface area contributed by atoms with E-state index in [2.05, 4.69) is 17.1 Å². The maximum Gasteiger partial charge on any atom is 0.223 e. The van der Waals surface area contributed by atoms with Crippen LogP contribution < -0.4 is 5.32 Å². The lowest BCUT2D eigenvalue weighted by molar-refractivity contribution is -0.132. The molecular weight excluding hydrogens is 236 g/mol. The Morgan fingerprint density at radius 2 is 1.95 bits per heavy atom. The number of carbonyl (C=O) groups excluding carboxylic acids is 1. The van der Waals surface area contributed by atoms with E-state index in [1.807, 2.05) is 0 Å². The third-order valence-corrected chi connectivity index (χ3v) is 4.84. The van der Waals surface area contributed by atoms with Crippen LogP contribution in [0.1, 0.15) is 64.7 Å². The van der Waals surface area contributed by atoms with Crippen molar-refractivity contribution in [1.29, 1.82) is 0 Å². The van der Waals surface area contributed by atoms with Crippen LogP contribution in [-0.2, 0) is 4.79 Å². The number of carbonyl (C=O) groups is 1. The Morgan fingerprint density at radius 1 is 1.16 bits per heavy atom. The summed E-state index contributed by atoms with van der Waals surface area (Å²) in [5, 5.41) is 3.61. The van der Waals surface area contributed by atoms with E-state index in [1.54, 1.807) is 0 Å². The van der Waals surface area contributed by atoms with Crippen molar-refractivity contribution in [3.05, 3.63) is 0 Å². The molecular formula is C16H30N2O. The summed E-state index contributed by atoms with van der Waals surface area (Å²) in [6.45, 7) is 5.14. The van der Waals surface area contributed by atoms with Crippen LogP contribution in [0.25, 0.3) is 0 Å². The summed E-state index contributed by atoms with van der Waals surface area (Å²) in [4.78, 5) is 14.1. The molecule has 1 aliphatic heterocycles. The quantitative estimate of drug-likeness (QED) is 0.830. The largest absolute Gasteiger partial charge is 0.343 e. The van der Waals surface area contributed by atoms with Crippen molar-refractivity contribution in [1.82, 2.24) is 10.2 Å². The molecule has 1 saturated heterocycles. The van der Waals surface area contributed by atoms with E-state index < -0.39 is 0 Å². The molecule has 0 spiro atoms. The molecule has 0 aromatic carbocycles. The summed E-state index contributed by atoms with van der Waals surface area (Å²) >= 11 is 0. The molecule has 1 N–H and O–H groups in total. The minimum atomic E-state index is 0.357. The maximum atomic E-state index is 12.0. The van der Waals surface area contributed by atoms with Gasteiger partial charge in [0.2, 0.25) is 5.91 Å². The summed E-state index contributed by atoms with van der Waals surface area (Å²) in [5.41, 5.74) is 0. The molecule has 2 fully saturated rings. The van der Waals surface area contributed by atoms with Crippen LogP contribution in [0.2, 0.25) is 0 Å². The highest BCUT2D eigenvalue weighted by atomic mass is 16.2. The molecule has 19 heavy (non-hydrogen) atoms. The Kier molecular flexibility index (Phi) is 6.15. The molecule has 3 nitrogen and oxygen atoms in total. The predicted octanol–water partition coefficient (Wildman–Crippen LogP) is 2.95. The molecule has 0 radical (unpaired) electrons. The third-order valence-electron chi connectivity index (χ3n) is 4.84. The van der Waals surface area contributed by atoms with Crippen LogP contribution in [-0.4, -0.2) is 36.5 Å². The van der Waals surface area contributed by atoms with Crippen molar-refractivity contribution in [3.8, 4) is 0 Å². The molecule has 1 aliphatic carbocycles. The normalized spacial score (nSPS) is 28.4. The fraction of sp³-hybridized carbons (Fsp3) is 0.938. The van der Waals surface area contributed by atoms with Crippen molar-refractivity contribution in [3.63, 3.8) is 0 Å². The monoisotopic (exact) mass is 266 g/mol. The highest BCUT2D eigenvalue weighted by Gasteiger charge is 2.21. The molecule has 0 aromatic rings. The maximum absolute atomic E-state index is 12.0. The van der Waals surface area contributed by atoms with Crippen LogP contribution >= 0.6 is 0 Å². The van der Waals surface area contributed by atoms with E-state index in [0.717, 1.165) is 25.6 Å². The number of hydrogen-bond acceptors (Lipinski definition) is 2. The fourth-order valence-corrected chi connectivity index (χ4v) is 3.53. The molecule has 0 bridgehead atoms. The van der Waals surface area contributed by atoms with Gasteiger partial charge < -0.3 is 10.2 Å². The number of hydrogen-bond donors (Lipinski definition) is 1. The smallest absolute Gasteiger partial charge is 0.223 e. The lowest BCUT2D eigenvalue weighted by Crippen LogP contribution is -2.39. The van der Waals surface area contributed by atoms with E-state index in [9.17, 15) is 4.79 Å². The first-order valence-electron chi connectivity index (χ1n) is 8.30. The average Bonchev–Trinajstić information content (AvgIpc) is 2.48. The fourth-order valence-electron chi connectivity index (χ4n) is 3.53. The van der Waals surface area contributed by atoms with Crippen molar-refractivity contribution in [2.45, 2.75) is 70.8 Å². The highest BCUT2D eigenvalue weighted by molar-refractivity contribution is 5.76. The first-order chi connectivity index (χ1) is 9.29. The van der Waals surface area contributed by atoms with Crippen molar-refractivity contribution in [2.75, 3.05) is 19.6 Å². The first-order valence-corrected chi connectivity index (χ1v) is 8.30. The standard InChI is InChI=1S/C16H30N2O/c1-2-14-7-6-8-15(13-14)17-10-9-16(19)18-11-4-3-5-12-18/h14-15,17H,2-13H2,1H3. The van der Waals surface area contributed by atoms with Gasteiger partial charge in [0.1, 0.15) is 0 Å². The van der Waals surface area contributed by atoms with Gasteiger partial charge in [0.25, 0.3) is 0 Å². The molecule has 1 amide bonds. The number of rotatable bonds is 5. The number of piperidine rings is 1. The molecule has 1 saturated carbocycles. The summed E-state index contributed by atoms with van der Waals surface area (Å²) < 4.78 is 0. The van der Waals surface area contributed by atoms with Crippen LogP contribution in [0.15, 0.2) is 0 Å². The zero-order valence-electron chi connectivity index (χ0n) is 12.5. The molecule has 110 valence electrons. The van der Waals surface area contributed by atoms with Crippen molar-refractivity contribution >= 4 is 5.91 Å². The second-order valence-electron chi connectivity index (χ2n) is 6.28. The van der Waals surface area contributed by atoms with Gasteiger partial charge in [-0.2, -0.15) is 0 Å². The lowest BCUT2D eigenvalue weighted by atomic mass is 9.84. The van der Waals surface area contributed by atoms with Crippen LogP contribution in [0.4, 0.5) is 0 Å². The topological polar surface area (TPSA) is 32.3 Å². The second-order valence-corrected chi connectivity index (χ2v) is 6.28. The Bertz CT molecular complexity index is 274. The Hall–Kier alpha value is -0.570. The molecule has 2 atom stereocenters. The van der Waals surface area contributed by atoms with Gasteiger partial charge >= 0.3 is 0 Å². The van der Waals surface area contributed by atoms with Gasteiger partial charge in [-0.3, -0.25) is 4.79 Å². The second kappa shape index (κ2) is 7.88. The van der Waals surface area contributed by atoms with Gasteiger partial charge in [-0.05, 0) is 38.0 Å². The van der Waals surface area contributed by atoms with Crippen molar-refractivity contribution < 1.29 is 4.79 Å². The van der Waals surface area contributed by atoms with Gasteiger partial charge in [0.05, 0.1) is 0 Å². The van der Waals surface area contributed by atoms with Gasteiger partial charge in [0.15, 0.2) is 0 Å². The Balaban J connectivity index is 1.61. The van der Waals surface area contributed by atoms with Crippen LogP contribution in [0.3, 0.4) is 0 Å². The van der Waals surface area contributed by atoms with Gasteiger partial charge in [-0.1, -0.05) is 26.2 Å². The van der Waals surface area contributed by atoms with Crippen LogP contribution in [0.5, 0.6) is 0 Å². The van der Waals surface area contributed by atoms with E-state index in [1.165, 1.54) is 51.4 Å². The zero-order chi connectivity index (χ0) is 13.5. The van der Waals surface area contributed by atoms with Gasteiger partial charge in [0, 0.05) is 32.1 Å². The molecule has 3 heteroatoms. The molecule has 1 heterocycles. The van der Waals surface area contributed by atoms with E-state index in [0.29, 0.717) is 18.4 Å². The summed E-state index contributed by atoms with van der Waals surface area (Å²) in [6.07, 6.45) is 11.1. The molecule has 2 aliphatic rings. The SMILES string of the molecule is CCC1CCCC(NCCC(=O)N2CCCCC2)C1. The Labute approximate surface area is 118 Å². The highest BCUT2D eigenvalue weighted by Crippen LogP contribution is 2.26. The minimum absolute atomic E-state index is 0.357. The number of nitrogens with one attached hydrogen (secondary N) is 1. The van der Waals surface area contributed by atoms with Crippen LogP contribution in [0, 0.1) is 5.92 Å². The minimum Gasteiger partial charge on any atom is -0.343 e. The predicted molar refractivity (Wildman–Crippen MR) is 79.1 cm³/mol. The zero-order valence-corrected chi connectivity index (χ0v) is 12.5. The lowest BCUT2D eigenvalue weighted by Gasteiger charge is -2.30. The van der Waals surface area contributed by atoms with Gasteiger partial charge in [-0.25, -0.2) is 0 Å². The number of amides is 1. The third kappa shape index (κ3) is 4.79. The number of likely N-dealkylation sites (tertiary alicyclic amines) is 1. The van der Waals surface area contributed by atoms with E-state index in [-0.39, 0.29) is 0 Å². The summed E-state index contributed by atoms with van der Waals surface area (Å²) in [5.74, 6) is 1.26. The first kappa shape index (κ1) is 14.8. The van der Waals surface area contributed by atoms with E-state index >= 15 is 0 Å². The van der Waals surface area contributed by atoms with E-state index in [4.69, 9.17) is 0 Å².